The van der Waals surface area contributed by atoms with E-state index >= 15 is 0 Å². The van der Waals surface area contributed by atoms with E-state index in [1.54, 1.807) is 21.8 Å². The van der Waals surface area contributed by atoms with Crippen LogP contribution < -0.4 is 5.56 Å². The van der Waals surface area contributed by atoms with Crippen LogP contribution in [-0.2, 0) is 19.4 Å². The maximum Gasteiger partial charge on any atom is 0.267 e. The summed E-state index contributed by atoms with van der Waals surface area (Å²) in [5, 5.41) is 11.0. The van der Waals surface area contributed by atoms with Crippen LogP contribution in [0.4, 0.5) is 0 Å². The molecule has 0 atom stereocenters. The summed E-state index contributed by atoms with van der Waals surface area (Å²) in [6, 6.07) is 1.74. The lowest BCUT2D eigenvalue weighted by molar-refractivity contribution is 0.0458. The number of carbonyl (C=O) groups is 1. The molecule has 1 aliphatic heterocycles. The van der Waals surface area contributed by atoms with Gasteiger partial charge in [-0.25, -0.2) is 4.68 Å². The molecule has 0 radical (unpaired) electrons. The number of nitrogens with one attached hydrogen (secondary N) is 1. The van der Waals surface area contributed by atoms with E-state index in [2.05, 4.69) is 15.3 Å². The first-order valence-corrected chi connectivity index (χ1v) is 8.08. The summed E-state index contributed by atoms with van der Waals surface area (Å²) in [5.41, 5.74) is 2.74. The zero-order chi connectivity index (χ0) is 15.8. The van der Waals surface area contributed by atoms with E-state index in [0.717, 1.165) is 36.9 Å². The molecule has 2 aromatic rings. The van der Waals surface area contributed by atoms with E-state index < -0.39 is 0 Å². The van der Waals surface area contributed by atoms with E-state index in [1.807, 2.05) is 0 Å². The van der Waals surface area contributed by atoms with Crippen molar-refractivity contribution >= 4 is 5.91 Å². The summed E-state index contributed by atoms with van der Waals surface area (Å²) >= 11 is 0. The van der Waals surface area contributed by atoms with Crippen molar-refractivity contribution in [3.05, 3.63) is 45.6 Å². The Labute approximate surface area is 133 Å². The summed E-state index contributed by atoms with van der Waals surface area (Å²) < 4.78 is 1.58. The van der Waals surface area contributed by atoms with Gasteiger partial charge in [0.25, 0.3) is 11.5 Å². The summed E-state index contributed by atoms with van der Waals surface area (Å²) in [6.07, 6.45) is 7.36. The van der Waals surface area contributed by atoms with E-state index in [-0.39, 0.29) is 17.4 Å². The first kappa shape index (κ1) is 14.2. The van der Waals surface area contributed by atoms with Gasteiger partial charge in [0, 0.05) is 31.3 Å². The quantitative estimate of drug-likeness (QED) is 0.900. The van der Waals surface area contributed by atoms with Crippen LogP contribution in [0.2, 0.25) is 0 Å². The Kier molecular flexibility index (Phi) is 3.48. The highest BCUT2D eigenvalue weighted by atomic mass is 16.2. The van der Waals surface area contributed by atoms with Crippen LogP contribution in [0.5, 0.6) is 0 Å². The lowest BCUT2D eigenvalue weighted by Crippen LogP contribution is -2.52. The number of nitrogens with zero attached hydrogens (tertiary/aromatic N) is 4. The van der Waals surface area contributed by atoms with E-state index in [0.29, 0.717) is 25.2 Å². The molecule has 1 aliphatic carbocycles. The molecule has 120 valence electrons. The maximum atomic E-state index is 12.2. The van der Waals surface area contributed by atoms with Gasteiger partial charge in [-0.3, -0.25) is 14.7 Å². The van der Waals surface area contributed by atoms with Crippen molar-refractivity contribution in [1.29, 1.82) is 0 Å². The predicted molar refractivity (Wildman–Crippen MR) is 83.1 cm³/mol. The van der Waals surface area contributed by atoms with Crippen LogP contribution in [0, 0.1) is 5.92 Å². The van der Waals surface area contributed by atoms with Gasteiger partial charge in [-0.2, -0.15) is 10.2 Å². The van der Waals surface area contributed by atoms with Gasteiger partial charge >= 0.3 is 0 Å². The molecular formula is C16H19N5O2. The Hall–Kier alpha value is -2.44. The first-order valence-electron chi connectivity index (χ1n) is 8.08. The van der Waals surface area contributed by atoms with Crippen LogP contribution in [0.1, 0.15) is 34.5 Å². The third-order valence-corrected chi connectivity index (χ3v) is 4.69. The van der Waals surface area contributed by atoms with Gasteiger partial charge in [0.2, 0.25) is 0 Å². The molecule has 0 unspecified atom stereocenters. The number of aromatic nitrogens is 4. The highest BCUT2D eigenvalue weighted by Gasteiger charge is 2.32. The van der Waals surface area contributed by atoms with E-state index in [9.17, 15) is 9.59 Å². The average molecular weight is 313 g/mol. The van der Waals surface area contributed by atoms with Crippen molar-refractivity contribution in [2.24, 2.45) is 5.92 Å². The molecule has 0 bridgehead atoms. The van der Waals surface area contributed by atoms with Gasteiger partial charge in [-0.15, -0.1) is 0 Å². The number of aromatic amines is 1. The fourth-order valence-electron chi connectivity index (χ4n) is 3.38. The monoisotopic (exact) mass is 313 g/mol. The number of H-pyrrole nitrogens is 1. The molecular weight excluding hydrogens is 294 g/mol. The summed E-state index contributed by atoms with van der Waals surface area (Å²) in [5.74, 6) is 0.276. The normalized spacial score (nSPS) is 17.7. The highest BCUT2D eigenvalue weighted by Crippen LogP contribution is 2.21. The minimum atomic E-state index is -0.0229. The number of rotatable bonds is 3. The topological polar surface area (TPSA) is 83.9 Å². The van der Waals surface area contributed by atoms with Crippen LogP contribution in [-0.4, -0.2) is 43.9 Å². The number of likely N-dealkylation sites (tertiary alicyclic amines) is 1. The smallest absolute Gasteiger partial charge is 0.267 e. The number of hydrogen-bond donors (Lipinski definition) is 1. The predicted octanol–water partition coefficient (Wildman–Crippen LogP) is 0.617. The van der Waals surface area contributed by atoms with Crippen molar-refractivity contribution in [2.75, 3.05) is 13.1 Å². The van der Waals surface area contributed by atoms with Gasteiger partial charge in [0.15, 0.2) is 0 Å². The number of carbonyl (C=O) groups excluding carboxylic acids is 1. The molecule has 7 nitrogen and oxygen atoms in total. The van der Waals surface area contributed by atoms with Crippen molar-refractivity contribution in [3.63, 3.8) is 0 Å². The van der Waals surface area contributed by atoms with E-state index in [1.165, 1.54) is 6.20 Å². The average Bonchev–Trinajstić information content (AvgIpc) is 3.04. The Morgan fingerprint density at radius 2 is 2.13 bits per heavy atom. The lowest BCUT2D eigenvalue weighted by Gasteiger charge is -2.39. The van der Waals surface area contributed by atoms with Gasteiger partial charge in [-0.1, -0.05) is 0 Å². The minimum absolute atomic E-state index is 0.0132. The molecule has 1 N–H and O–H groups in total. The van der Waals surface area contributed by atoms with Crippen LogP contribution >= 0.6 is 0 Å². The van der Waals surface area contributed by atoms with Gasteiger partial charge in [-0.05, 0) is 31.2 Å². The van der Waals surface area contributed by atoms with E-state index in [4.69, 9.17) is 0 Å². The molecule has 4 rings (SSSR count). The minimum Gasteiger partial charge on any atom is -0.338 e. The molecule has 0 aromatic carbocycles. The number of aryl methyl sites for hydroxylation is 2. The Morgan fingerprint density at radius 3 is 2.91 bits per heavy atom. The zero-order valence-corrected chi connectivity index (χ0v) is 12.9. The molecule has 0 saturated carbocycles. The van der Waals surface area contributed by atoms with Gasteiger partial charge in [0.1, 0.15) is 0 Å². The van der Waals surface area contributed by atoms with Crippen molar-refractivity contribution in [1.82, 2.24) is 24.9 Å². The van der Waals surface area contributed by atoms with Crippen molar-refractivity contribution in [2.45, 2.75) is 32.2 Å². The zero-order valence-electron chi connectivity index (χ0n) is 12.9. The molecule has 1 fully saturated rings. The third-order valence-electron chi connectivity index (χ3n) is 4.69. The Bertz CT molecular complexity index is 774. The summed E-state index contributed by atoms with van der Waals surface area (Å²) in [7, 11) is 0. The fraction of sp³-hybridized carbons (Fsp3) is 0.500. The van der Waals surface area contributed by atoms with Crippen molar-refractivity contribution < 1.29 is 4.79 Å². The molecule has 1 amide bonds. The standard InChI is InChI=1S/C16H19N5O2/c22-15-5-12-3-1-2-4-14(12)19-21(15)10-11-8-20(9-11)16(23)13-6-17-18-7-13/h5-7,11H,1-4,8-10H2,(H,17,18). The van der Waals surface area contributed by atoms with Crippen molar-refractivity contribution in [3.8, 4) is 0 Å². The maximum absolute atomic E-state index is 12.2. The third kappa shape index (κ3) is 2.67. The number of hydrogen-bond acceptors (Lipinski definition) is 4. The lowest BCUT2D eigenvalue weighted by atomic mass is 9.96. The summed E-state index contributed by atoms with van der Waals surface area (Å²) in [6.45, 7) is 1.91. The van der Waals surface area contributed by atoms with Crippen LogP contribution in [0.15, 0.2) is 23.3 Å². The van der Waals surface area contributed by atoms with Crippen LogP contribution in [0.25, 0.3) is 0 Å². The Balaban J connectivity index is 1.41. The van der Waals surface area contributed by atoms with Gasteiger partial charge in [0.05, 0.1) is 24.0 Å². The van der Waals surface area contributed by atoms with Crippen LogP contribution in [0.3, 0.4) is 0 Å². The second kappa shape index (κ2) is 5.64. The SMILES string of the molecule is O=C(c1cn[nH]c1)N1CC(Cn2nc3c(cc2=O)CCCC3)C1. The summed E-state index contributed by atoms with van der Waals surface area (Å²) in [4.78, 5) is 26.1. The highest BCUT2D eigenvalue weighted by molar-refractivity contribution is 5.94. The molecule has 2 aromatic heterocycles. The molecule has 0 spiro atoms. The molecule has 23 heavy (non-hydrogen) atoms. The molecule has 2 aliphatic rings. The second-order valence-corrected chi connectivity index (χ2v) is 6.41. The first-order chi connectivity index (χ1) is 11.2. The molecule has 7 heteroatoms. The fourth-order valence-corrected chi connectivity index (χ4v) is 3.38. The number of fused-ring (bicyclic) bond motifs is 1. The largest absolute Gasteiger partial charge is 0.338 e. The van der Waals surface area contributed by atoms with Gasteiger partial charge < -0.3 is 4.90 Å². The second-order valence-electron chi connectivity index (χ2n) is 6.41. The Morgan fingerprint density at radius 1 is 1.30 bits per heavy atom. The number of amides is 1. The molecule has 1 saturated heterocycles. The molecule has 3 heterocycles.